The van der Waals surface area contributed by atoms with Gasteiger partial charge in [-0.05, 0) is 73.9 Å². The summed E-state index contributed by atoms with van der Waals surface area (Å²) in [6.45, 7) is 5.23. The molecule has 0 spiro atoms. The number of carboxylic acids is 1. The van der Waals surface area contributed by atoms with Crippen molar-refractivity contribution in [1.82, 2.24) is 4.98 Å². The maximum Gasteiger partial charge on any atom is 0.336 e. The van der Waals surface area contributed by atoms with Crippen molar-refractivity contribution in [3.8, 4) is 0 Å². The minimum atomic E-state index is -4.25. The van der Waals surface area contributed by atoms with E-state index in [2.05, 4.69) is 4.98 Å². The van der Waals surface area contributed by atoms with Crippen molar-refractivity contribution < 1.29 is 22.7 Å². The molecule has 0 saturated carbocycles. The Labute approximate surface area is 179 Å². The second kappa shape index (κ2) is 7.55. The van der Waals surface area contributed by atoms with E-state index in [9.17, 15) is 18.3 Å². The second-order valence-corrected chi connectivity index (χ2v) is 9.08. The number of nitrogens with zero attached hydrogens (tertiary/aromatic N) is 2. The van der Waals surface area contributed by atoms with E-state index in [0.29, 0.717) is 27.9 Å². The van der Waals surface area contributed by atoms with E-state index in [4.69, 9.17) is 4.42 Å². The molecule has 0 aliphatic heterocycles. The number of aromatic carboxylic acids is 1. The van der Waals surface area contributed by atoms with Gasteiger partial charge in [0.2, 0.25) is 0 Å². The lowest BCUT2D eigenvalue weighted by Gasteiger charge is -2.21. The van der Waals surface area contributed by atoms with Crippen molar-refractivity contribution in [2.75, 3.05) is 4.31 Å². The zero-order chi connectivity index (χ0) is 22.3. The van der Waals surface area contributed by atoms with Crippen LogP contribution in [0, 0.1) is 20.8 Å². The zero-order valence-electron chi connectivity index (χ0n) is 17.2. The van der Waals surface area contributed by atoms with Crippen LogP contribution in [0.3, 0.4) is 0 Å². The number of fused-ring (bicyclic) bond motifs is 1. The van der Waals surface area contributed by atoms with Crippen molar-refractivity contribution >= 4 is 38.8 Å². The normalized spacial score (nSPS) is 11.6. The molecule has 4 rings (SSSR count). The fraction of sp³-hybridized carbons (Fsp3) is 0.130. The zero-order valence-corrected chi connectivity index (χ0v) is 18.0. The van der Waals surface area contributed by atoms with Gasteiger partial charge in [0, 0.05) is 0 Å². The number of benzene rings is 3. The van der Waals surface area contributed by atoms with Crippen LogP contribution in [-0.2, 0) is 10.0 Å². The molecule has 0 saturated heterocycles. The lowest BCUT2D eigenvalue weighted by molar-refractivity contribution is 0.0695. The molecule has 1 N–H and O–H groups in total. The smallest absolute Gasteiger partial charge is 0.336 e. The summed E-state index contributed by atoms with van der Waals surface area (Å²) in [5.41, 5.74) is 3.25. The molecule has 0 atom stereocenters. The highest BCUT2D eigenvalue weighted by Crippen LogP contribution is 2.35. The highest BCUT2D eigenvalue weighted by molar-refractivity contribution is 7.93. The lowest BCUT2D eigenvalue weighted by Crippen LogP contribution is -2.27. The van der Waals surface area contributed by atoms with Crippen LogP contribution in [0.1, 0.15) is 27.0 Å². The molecule has 0 aliphatic rings. The van der Waals surface area contributed by atoms with Crippen molar-refractivity contribution in [3.63, 3.8) is 0 Å². The number of sulfonamides is 1. The number of para-hydroxylation sites is 1. The molecule has 1 heterocycles. The van der Waals surface area contributed by atoms with Gasteiger partial charge < -0.3 is 9.52 Å². The molecule has 1 aromatic heterocycles. The molecule has 0 unspecified atom stereocenters. The maximum absolute atomic E-state index is 13.7. The Hall–Kier alpha value is -3.65. The Bertz CT molecular complexity index is 1410. The van der Waals surface area contributed by atoms with Gasteiger partial charge in [0.25, 0.3) is 10.0 Å². The van der Waals surface area contributed by atoms with Gasteiger partial charge in [0.1, 0.15) is 5.52 Å². The third kappa shape index (κ3) is 3.66. The largest absolute Gasteiger partial charge is 0.478 e. The standard InChI is InChI=1S/C23H20N2O5S/c1-14-9-10-21-20(11-14)24-23(30-21)25(17-7-5-4-6-8-17)31(28,29)18-12-15(2)16(3)19(13-18)22(26)27/h4-13H,1-3H3,(H,26,27). The summed E-state index contributed by atoms with van der Waals surface area (Å²) in [5, 5.41) is 9.53. The fourth-order valence-electron chi connectivity index (χ4n) is 3.33. The van der Waals surface area contributed by atoms with Crippen LogP contribution >= 0.6 is 0 Å². The van der Waals surface area contributed by atoms with Gasteiger partial charge in [-0.1, -0.05) is 24.3 Å². The lowest BCUT2D eigenvalue weighted by atomic mass is 10.0. The van der Waals surface area contributed by atoms with E-state index in [1.54, 1.807) is 56.3 Å². The van der Waals surface area contributed by atoms with Crippen molar-refractivity contribution in [1.29, 1.82) is 0 Å². The SMILES string of the molecule is Cc1ccc2oc(N(c3ccccc3)S(=O)(=O)c3cc(C)c(C)c(C(=O)O)c3)nc2c1. The predicted octanol–water partition coefficient (Wildman–Crippen LogP) is 4.98. The Morgan fingerprint density at radius 1 is 1.00 bits per heavy atom. The van der Waals surface area contributed by atoms with Crippen LogP contribution in [0.2, 0.25) is 0 Å². The molecule has 0 radical (unpaired) electrons. The predicted molar refractivity (Wildman–Crippen MR) is 117 cm³/mol. The van der Waals surface area contributed by atoms with Crippen LogP contribution < -0.4 is 4.31 Å². The first kappa shape index (κ1) is 20.6. The molecule has 4 aromatic rings. The quantitative estimate of drug-likeness (QED) is 0.474. The molecule has 7 nitrogen and oxygen atoms in total. The first-order chi connectivity index (χ1) is 14.7. The number of hydrogen-bond acceptors (Lipinski definition) is 5. The molecular formula is C23H20N2O5S. The summed E-state index contributed by atoms with van der Waals surface area (Å²) in [4.78, 5) is 15.9. The summed E-state index contributed by atoms with van der Waals surface area (Å²) in [7, 11) is -4.25. The first-order valence-electron chi connectivity index (χ1n) is 9.50. The van der Waals surface area contributed by atoms with Gasteiger partial charge in [0.15, 0.2) is 5.58 Å². The van der Waals surface area contributed by atoms with E-state index in [1.807, 2.05) is 13.0 Å². The van der Waals surface area contributed by atoms with E-state index < -0.39 is 16.0 Å². The van der Waals surface area contributed by atoms with E-state index in [-0.39, 0.29) is 16.5 Å². The molecular weight excluding hydrogens is 416 g/mol. The highest BCUT2D eigenvalue weighted by Gasteiger charge is 2.32. The molecule has 31 heavy (non-hydrogen) atoms. The monoisotopic (exact) mass is 436 g/mol. The molecule has 0 fully saturated rings. The van der Waals surface area contributed by atoms with Gasteiger partial charge in [-0.25, -0.2) is 13.2 Å². The Morgan fingerprint density at radius 2 is 1.71 bits per heavy atom. The minimum Gasteiger partial charge on any atom is -0.478 e. The third-order valence-corrected chi connectivity index (χ3v) is 6.78. The third-order valence-electron chi connectivity index (χ3n) is 5.11. The number of anilines is 2. The molecule has 8 heteroatoms. The summed E-state index contributed by atoms with van der Waals surface area (Å²) in [5.74, 6) is -1.19. The Kier molecular flexibility index (Phi) is 5.02. The van der Waals surface area contributed by atoms with Crippen molar-refractivity contribution in [2.24, 2.45) is 0 Å². The molecule has 3 aromatic carbocycles. The van der Waals surface area contributed by atoms with Gasteiger partial charge >= 0.3 is 12.0 Å². The number of aromatic nitrogens is 1. The van der Waals surface area contributed by atoms with Crippen LogP contribution in [-0.4, -0.2) is 24.5 Å². The van der Waals surface area contributed by atoms with Crippen LogP contribution in [0.5, 0.6) is 0 Å². The molecule has 158 valence electrons. The summed E-state index contributed by atoms with van der Waals surface area (Å²) in [6.07, 6.45) is 0. The summed E-state index contributed by atoms with van der Waals surface area (Å²) < 4.78 is 34.3. The van der Waals surface area contributed by atoms with Crippen molar-refractivity contribution in [2.45, 2.75) is 25.7 Å². The van der Waals surface area contributed by atoms with Crippen LogP contribution in [0.25, 0.3) is 11.1 Å². The molecule has 0 amide bonds. The average molecular weight is 436 g/mol. The first-order valence-corrected chi connectivity index (χ1v) is 10.9. The number of carboxylic acid groups (broad SMARTS) is 1. The number of rotatable bonds is 5. The van der Waals surface area contributed by atoms with Gasteiger partial charge in [-0.15, -0.1) is 0 Å². The van der Waals surface area contributed by atoms with E-state index >= 15 is 0 Å². The average Bonchev–Trinajstić information content (AvgIpc) is 3.12. The Balaban J connectivity index is 1.96. The topological polar surface area (TPSA) is 101 Å². The van der Waals surface area contributed by atoms with Crippen molar-refractivity contribution in [3.05, 3.63) is 82.9 Å². The summed E-state index contributed by atoms with van der Waals surface area (Å²) in [6, 6.07) is 16.3. The highest BCUT2D eigenvalue weighted by atomic mass is 32.2. The molecule has 0 bridgehead atoms. The maximum atomic E-state index is 13.7. The van der Waals surface area contributed by atoms with E-state index in [1.165, 1.54) is 12.1 Å². The van der Waals surface area contributed by atoms with Gasteiger partial charge in [-0.3, -0.25) is 0 Å². The number of hydrogen-bond donors (Lipinski definition) is 1. The minimum absolute atomic E-state index is 0.0697. The van der Waals surface area contributed by atoms with Gasteiger partial charge in [0.05, 0.1) is 16.1 Å². The second-order valence-electron chi connectivity index (χ2n) is 7.29. The Morgan fingerprint density at radius 3 is 2.39 bits per heavy atom. The number of carbonyl (C=O) groups is 1. The molecule has 0 aliphatic carbocycles. The number of aryl methyl sites for hydroxylation is 2. The fourth-order valence-corrected chi connectivity index (χ4v) is 4.82. The van der Waals surface area contributed by atoms with Crippen LogP contribution in [0.4, 0.5) is 11.7 Å². The summed E-state index contributed by atoms with van der Waals surface area (Å²) >= 11 is 0. The number of oxazole rings is 1. The van der Waals surface area contributed by atoms with Crippen LogP contribution in [0.15, 0.2) is 70.0 Å². The van der Waals surface area contributed by atoms with Gasteiger partial charge in [-0.2, -0.15) is 9.29 Å². The van der Waals surface area contributed by atoms with E-state index in [0.717, 1.165) is 9.87 Å².